The van der Waals surface area contributed by atoms with E-state index in [1.54, 1.807) is 0 Å². The Morgan fingerprint density at radius 1 is 1.43 bits per heavy atom. The second-order valence-corrected chi connectivity index (χ2v) is 0.820. The van der Waals surface area contributed by atoms with Crippen LogP contribution in [0.5, 0.6) is 0 Å². The van der Waals surface area contributed by atoms with Crippen molar-refractivity contribution in [1.82, 2.24) is 0 Å². The molecule has 2 nitrogen and oxygen atoms in total. The van der Waals surface area contributed by atoms with Crippen LogP contribution in [0, 0.1) is 0 Å². The summed E-state index contributed by atoms with van der Waals surface area (Å²) in [6.45, 7) is 0. The molecule has 0 aromatic heterocycles. The van der Waals surface area contributed by atoms with Gasteiger partial charge in [0, 0.05) is 0 Å². The fraction of sp³-hybridized carbons (Fsp3) is 0.500. The van der Waals surface area contributed by atoms with Crippen LogP contribution in [-0.2, 0) is 0 Å². The number of nitrogens with two attached hydrogens (primary N) is 1. The lowest BCUT2D eigenvalue weighted by Crippen LogP contribution is -2.09. The normalized spacial score (nSPS) is 13.0. The van der Waals surface area contributed by atoms with Gasteiger partial charge in [0.1, 0.15) is 6.21 Å². The average Bonchev–Trinajstić information content (AvgIpc) is 1.30. The summed E-state index contributed by atoms with van der Waals surface area (Å²) in [6, 6.07) is 0. The predicted octanol–water partition coefficient (Wildman–Crippen LogP) is 0.493. The summed E-state index contributed by atoms with van der Waals surface area (Å²) >= 11 is 0. The number of nitrogens with zero attached hydrogens (tertiary/aromatic N) is 1. The van der Waals surface area contributed by atoms with Gasteiger partial charge in [0.05, 0.1) is 0 Å². The van der Waals surface area contributed by atoms with Crippen molar-refractivity contribution < 1.29 is 13.2 Å². The van der Waals surface area contributed by atoms with E-state index < -0.39 is 6.18 Å². The van der Waals surface area contributed by atoms with Gasteiger partial charge in [-0.15, -0.1) is 0 Å². The Bertz CT molecular complexity index is 73.5. The maximum absolute atomic E-state index is 10.8. The van der Waals surface area contributed by atoms with E-state index in [0.29, 0.717) is 0 Å². The smallest absolute Gasteiger partial charge is 0.323 e. The number of halogens is 3. The minimum Gasteiger partial charge on any atom is -0.323 e. The topological polar surface area (TPSA) is 38.4 Å². The zero-order valence-corrected chi connectivity index (χ0v) is 3.24. The monoisotopic (exact) mass is 112 g/mol. The third-order valence-corrected chi connectivity index (χ3v) is 0.221. The summed E-state index contributed by atoms with van der Waals surface area (Å²) < 4.78 is 32.5. The van der Waals surface area contributed by atoms with Crippen molar-refractivity contribution in [2.75, 3.05) is 0 Å². The zero-order chi connectivity index (χ0) is 5.91. The van der Waals surface area contributed by atoms with Gasteiger partial charge in [-0.3, -0.25) is 0 Å². The molecule has 42 valence electrons. The molecule has 0 aromatic carbocycles. The molecule has 0 rings (SSSR count). The molecular formula is C2H3F3N2. The van der Waals surface area contributed by atoms with Crippen LogP contribution >= 0.6 is 0 Å². The first-order chi connectivity index (χ1) is 3.06. The molecule has 0 bridgehead atoms. The quantitative estimate of drug-likeness (QED) is 0.276. The SMILES string of the molecule is N/N=C/C(F)(F)F. The highest BCUT2D eigenvalue weighted by molar-refractivity contribution is 5.63. The highest BCUT2D eigenvalue weighted by Gasteiger charge is 2.23. The van der Waals surface area contributed by atoms with Crippen molar-refractivity contribution >= 4 is 6.21 Å². The molecule has 0 aliphatic rings. The van der Waals surface area contributed by atoms with E-state index in [-0.39, 0.29) is 6.21 Å². The number of alkyl halides is 3. The molecule has 0 saturated carbocycles. The van der Waals surface area contributed by atoms with Crippen LogP contribution < -0.4 is 5.84 Å². The molecule has 0 aliphatic heterocycles. The van der Waals surface area contributed by atoms with Crippen LogP contribution in [0.1, 0.15) is 0 Å². The largest absolute Gasteiger partial charge is 0.428 e. The van der Waals surface area contributed by atoms with Gasteiger partial charge in [-0.25, -0.2) is 0 Å². The lowest BCUT2D eigenvalue weighted by atomic mass is 10.7. The van der Waals surface area contributed by atoms with Gasteiger partial charge in [0.2, 0.25) is 0 Å². The van der Waals surface area contributed by atoms with Crippen LogP contribution in [0.15, 0.2) is 5.10 Å². The van der Waals surface area contributed by atoms with Crippen LogP contribution in [0.3, 0.4) is 0 Å². The molecule has 0 radical (unpaired) electrons. The van der Waals surface area contributed by atoms with Crippen molar-refractivity contribution in [2.45, 2.75) is 6.18 Å². The minimum atomic E-state index is -4.37. The van der Waals surface area contributed by atoms with E-state index in [2.05, 4.69) is 10.9 Å². The van der Waals surface area contributed by atoms with E-state index in [4.69, 9.17) is 0 Å². The standard InChI is InChI=1S/C2H3F3N2/c3-2(4,5)1-7-6/h1H,6H2/b7-1+. The van der Waals surface area contributed by atoms with E-state index >= 15 is 0 Å². The molecule has 0 heterocycles. The Balaban J connectivity index is 3.56. The average molecular weight is 112 g/mol. The summed E-state index contributed by atoms with van der Waals surface area (Å²) in [7, 11) is 0. The Labute approximate surface area is 37.8 Å². The summed E-state index contributed by atoms with van der Waals surface area (Å²) in [5.41, 5.74) is 0. The summed E-state index contributed by atoms with van der Waals surface area (Å²) in [5, 5.41) is 2.26. The second-order valence-electron chi connectivity index (χ2n) is 0.820. The highest BCUT2D eigenvalue weighted by atomic mass is 19.4. The molecular weight excluding hydrogens is 109 g/mol. The molecule has 0 amide bonds. The lowest BCUT2D eigenvalue weighted by Gasteiger charge is -1.91. The van der Waals surface area contributed by atoms with Crippen molar-refractivity contribution in [3.05, 3.63) is 0 Å². The first kappa shape index (κ1) is 6.26. The minimum absolute atomic E-state index is 0.285. The fourth-order valence-corrected chi connectivity index (χ4v) is 0.0845. The van der Waals surface area contributed by atoms with Gasteiger partial charge in [0.15, 0.2) is 0 Å². The molecule has 0 aromatic rings. The lowest BCUT2D eigenvalue weighted by molar-refractivity contribution is -0.0537. The van der Waals surface area contributed by atoms with Crippen LogP contribution in [0.2, 0.25) is 0 Å². The Morgan fingerprint density at radius 2 is 1.86 bits per heavy atom. The Morgan fingerprint density at radius 3 is 1.86 bits per heavy atom. The van der Waals surface area contributed by atoms with Gasteiger partial charge in [-0.1, -0.05) is 0 Å². The number of hydrazone groups is 1. The molecule has 5 heteroatoms. The van der Waals surface area contributed by atoms with Crippen LogP contribution in [0.4, 0.5) is 13.2 Å². The first-order valence-electron chi connectivity index (χ1n) is 1.37. The number of hydrogen-bond donors (Lipinski definition) is 1. The summed E-state index contributed by atoms with van der Waals surface area (Å²) in [5.74, 6) is 4.16. The molecule has 0 spiro atoms. The van der Waals surface area contributed by atoms with Crippen molar-refractivity contribution in [3.63, 3.8) is 0 Å². The Hall–Kier alpha value is -0.740. The van der Waals surface area contributed by atoms with E-state index in [9.17, 15) is 13.2 Å². The maximum atomic E-state index is 10.8. The molecule has 2 N–H and O–H groups in total. The van der Waals surface area contributed by atoms with Gasteiger partial charge < -0.3 is 5.84 Å². The van der Waals surface area contributed by atoms with E-state index in [1.165, 1.54) is 0 Å². The van der Waals surface area contributed by atoms with Crippen LogP contribution in [-0.4, -0.2) is 12.4 Å². The molecule has 0 fully saturated rings. The molecule has 0 atom stereocenters. The summed E-state index contributed by atoms with van der Waals surface area (Å²) in [4.78, 5) is 0. The molecule has 0 unspecified atom stereocenters. The van der Waals surface area contributed by atoms with Gasteiger partial charge in [0.25, 0.3) is 0 Å². The second kappa shape index (κ2) is 1.81. The van der Waals surface area contributed by atoms with E-state index in [0.717, 1.165) is 0 Å². The zero-order valence-electron chi connectivity index (χ0n) is 3.24. The highest BCUT2D eigenvalue weighted by Crippen LogP contribution is 2.09. The van der Waals surface area contributed by atoms with Crippen LogP contribution in [0.25, 0.3) is 0 Å². The van der Waals surface area contributed by atoms with Gasteiger partial charge in [-0.05, 0) is 0 Å². The third-order valence-electron chi connectivity index (χ3n) is 0.221. The molecule has 0 saturated heterocycles. The molecule has 0 aliphatic carbocycles. The van der Waals surface area contributed by atoms with Gasteiger partial charge in [-0.2, -0.15) is 18.3 Å². The van der Waals surface area contributed by atoms with Gasteiger partial charge >= 0.3 is 6.18 Å². The predicted molar refractivity (Wildman–Crippen MR) is 18.7 cm³/mol. The fourth-order valence-electron chi connectivity index (χ4n) is 0.0845. The maximum Gasteiger partial charge on any atom is 0.428 e. The number of rotatable bonds is 0. The summed E-state index contributed by atoms with van der Waals surface area (Å²) in [6.07, 6.45) is -4.65. The first-order valence-corrected chi connectivity index (χ1v) is 1.37. The van der Waals surface area contributed by atoms with Crippen molar-refractivity contribution in [2.24, 2.45) is 10.9 Å². The molecule has 7 heavy (non-hydrogen) atoms. The Kier molecular flexibility index (Phi) is 1.62. The third kappa shape index (κ3) is 5.26. The van der Waals surface area contributed by atoms with Crippen molar-refractivity contribution in [3.8, 4) is 0 Å². The van der Waals surface area contributed by atoms with Crippen molar-refractivity contribution in [1.29, 1.82) is 0 Å². The van der Waals surface area contributed by atoms with E-state index in [1.807, 2.05) is 0 Å². The number of hydrogen-bond acceptors (Lipinski definition) is 2.